The number of rotatable bonds is 4. The minimum Gasteiger partial charge on any atom is -0.344 e. The van der Waals surface area contributed by atoms with Crippen LogP contribution in [0.5, 0.6) is 0 Å². The second kappa shape index (κ2) is 7.50. The van der Waals surface area contributed by atoms with Crippen LogP contribution >= 0.6 is 0 Å². The minimum atomic E-state index is -0.318. The molecule has 27 heavy (non-hydrogen) atoms. The number of piperidine rings is 1. The van der Waals surface area contributed by atoms with Gasteiger partial charge in [-0.2, -0.15) is 0 Å². The summed E-state index contributed by atoms with van der Waals surface area (Å²) < 4.78 is 1.91. The number of likely N-dealkylation sites (tertiary alicyclic amines) is 1. The van der Waals surface area contributed by atoms with Gasteiger partial charge in [-0.1, -0.05) is 35.0 Å². The first kappa shape index (κ1) is 17.7. The number of benzene rings is 1. The quantitative estimate of drug-likeness (QED) is 0.893. The van der Waals surface area contributed by atoms with Gasteiger partial charge in [0.2, 0.25) is 11.8 Å². The predicted octanol–water partition coefficient (Wildman–Crippen LogP) is 1.77. The largest absolute Gasteiger partial charge is 0.344 e. The van der Waals surface area contributed by atoms with E-state index in [-0.39, 0.29) is 17.9 Å². The van der Waals surface area contributed by atoms with E-state index in [1.807, 2.05) is 15.8 Å². The number of carbonyl (C=O) groups is 2. The molecule has 7 heteroatoms. The van der Waals surface area contributed by atoms with E-state index in [1.54, 1.807) is 0 Å². The highest BCUT2D eigenvalue weighted by Crippen LogP contribution is 2.22. The van der Waals surface area contributed by atoms with Gasteiger partial charge in [0.25, 0.3) is 0 Å². The van der Waals surface area contributed by atoms with Crippen LogP contribution in [-0.2, 0) is 16.1 Å². The van der Waals surface area contributed by atoms with E-state index in [4.69, 9.17) is 0 Å². The molecule has 1 unspecified atom stereocenters. The predicted molar refractivity (Wildman–Crippen MR) is 101 cm³/mol. The molecular weight excluding hydrogens is 342 g/mol. The molecule has 0 bridgehead atoms. The molecule has 2 aliphatic rings. The summed E-state index contributed by atoms with van der Waals surface area (Å²) in [5.41, 5.74) is 3.19. The van der Waals surface area contributed by atoms with Gasteiger partial charge in [-0.3, -0.25) is 14.3 Å². The molecule has 3 heterocycles. The Kier molecular flexibility index (Phi) is 4.92. The average Bonchev–Trinajstić information content (AvgIpc) is 3.32. The Morgan fingerprint density at radius 2 is 1.93 bits per heavy atom. The van der Waals surface area contributed by atoms with Crippen LogP contribution in [0.15, 0.2) is 30.5 Å². The number of aromatic nitrogens is 3. The van der Waals surface area contributed by atoms with Crippen LogP contribution in [0.3, 0.4) is 0 Å². The zero-order chi connectivity index (χ0) is 18.8. The third kappa shape index (κ3) is 4.02. The molecule has 0 aliphatic carbocycles. The molecule has 0 radical (unpaired) electrons. The first-order chi connectivity index (χ1) is 13.1. The summed E-state index contributed by atoms with van der Waals surface area (Å²) in [6, 6.07) is 7.97. The Bertz CT molecular complexity index is 821. The highest BCUT2D eigenvalue weighted by molar-refractivity contribution is 5.90. The van der Waals surface area contributed by atoms with Crippen molar-refractivity contribution in [2.24, 2.45) is 5.92 Å². The van der Waals surface area contributed by atoms with Gasteiger partial charge >= 0.3 is 0 Å². The van der Waals surface area contributed by atoms with Crippen LogP contribution in [0.4, 0.5) is 0 Å². The molecule has 2 saturated heterocycles. The highest BCUT2D eigenvalue weighted by atomic mass is 16.2. The molecule has 0 spiro atoms. The lowest BCUT2D eigenvalue weighted by molar-refractivity contribution is -0.135. The van der Waals surface area contributed by atoms with Gasteiger partial charge in [-0.05, 0) is 32.1 Å². The standard InChI is InChI=1S/C20H25N5O2/c1-14-2-4-16(5-3-14)18-13-25(23-22-18)12-15-8-10-24(11-9-15)20(27)17-6-7-19(26)21-17/h2-5,13,15,17H,6-12H2,1H3,(H,21,26). The van der Waals surface area contributed by atoms with Crippen molar-refractivity contribution >= 4 is 11.8 Å². The van der Waals surface area contributed by atoms with Crippen LogP contribution in [0, 0.1) is 12.8 Å². The first-order valence-corrected chi connectivity index (χ1v) is 9.64. The molecule has 7 nitrogen and oxygen atoms in total. The molecule has 2 amide bonds. The number of nitrogens with one attached hydrogen (secondary N) is 1. The fourth-order valence-electron chi connectivity index (χ4n) is 3.86. The Morgan fingerprint density at radius 3 is 2.59 bits per heavy atom. The van der Waals surface area contributed by atoms with Crippen LogP contribution in [0.2, 0.25) is 0 Å². The Balaban J connectivity index is 1.30. The highest BCUT2D eigenvalue weighted by Gasteiger charge is 2.32. The number of carbonyl (C=O) groups excluding carboxylic acids is 2. The molecule has 2 aliphatic heterocycles. The van der Waals surface area contributed by atoms with Gasteiger partial charge in [-0.15, -0.1) is 5.10 Å². The topological polar surface area (TPSA) is 80.1 Å². The molecule has 1 aromatic carbocycles. The number of hydrogen-bond acceptors (Lipinski definition) is 4. The van der Waals surface area contributed by atoms with E-state index in [2.05, 4.69) is 46.8 Å². The molecule has 2 aromatic rings. The summed E-state index contributed by atoms with van der Waals surface area (Å²) in [7, 11) is 0. The number of aryl methyl sites for hydroxylation is 1. The van der Waals surface area contributed by atoms with Crippen molar-refractivity contribution < 1.29 is 9.59 Å². The van der Waals surface area contributed by atoms with Gasteiger partial charge in [0.1, 0.15) is 11.7 Å². The molecule has 142 valence electrons. The minimum absolute atomic E-state index is 0.0150. The summed E-state index contributed by atoms with van der Waals surface area (Å²) in [5.74, 6) is 0.542. The van der Waals surface area contributed by atoms with E-state index < -0.39 is 0 Å². The van der Waals surface area contributed by atoms with Gasteiger partial charge in [0, 0.05) is 31.6 Å². The Hall–Kier alpha value is -2.70. The molecular formula is C20H25N5O2. The molecule has 1 N–H and O–H groups in total. The van der Waals surface area contributed by atoms with E-state index in [9.17, 15) is 9.59 Å². The SMILES string of the molecule is Cc1ccc(-c2cn(CC3CCN(C(=O)C4CCC(=O)N4)CC3)nn2)cc1. The van der Waals surface area contributed by atoms with Gasteiger partial charge in [-0.25, -0.2) is 0 Å². The maximum absolute atomic E-state index is 12.5. The van der Waals surface area contributed by atoms with Crippen molar-refractivity contribution in [3.8, 4) is 11.3 Å². The second-order valence-corrected chi connectivity index (χ2v) is 7.62. The maximum atomic E-state index is 12.5. The van der Waals surface area contributed by atoms with Crippen molar-refractivity contribution in [3.05, 3.63) is 36.0 Å². The van der Waals surface area contributed by atoms with Crippen molar-refractivity contribution in [2.45, 2.75) is 45.2 Å². The van der Waals surface area contributed by atoms with Gasteiger partial charge < -0.3 is 10.2 Å². The fraction of sp³-hybridized carbons (Fsp3) is 0.500. The monoisotopic (exact) mass is 367 g/mol. The normalized spacial score (nSPS) is 20.7. The van der Waals surface area contributed by atoms with Crippen LogP contribution in [0.25, 0.3) is 11.3 Å². The third-order valence-corrected chi connectivity index (χ3v) is 5.55. The average molecular weight is 367 g/mol. The Morgan fingerprint density at radius 1 is 1.19 bits per heavy atom. The summed E-state index contributed by atoms with van der Waals surface area (Å²) >= 11 is 0. The molecule has 4 rings (SSSR count). The Labute approximate surface area is 158 Å². The molecule has 2 fully saturated rings. The lowest BCUT2D eigenvalue weighted by atomic mass is 9.96. The lowest BCUT2D eigenvalue weighted by Crippen LogP contribution is -2.47. The summed E-state index contributed by atoms with van der Waals surface area (Å²) in [6.45, 7) is 4.38. The first-order valence-electron chi connectivity index (χ1n) is 9.64. The molecule has 1 aromatic heterocycles. The van der Waals surface area contributed by atoms with Crippen molar-refractivity contribution in [1.82, 2.24) is 25.2 Å². The van der Waals surface area contributed by atoms with Crippen LogP contribution in [-0.4, -0.2) is 50.8 Å². The van der Waals surface area contributed by atoms with Gasteiger partial charge in [0.05, 0.1) is 6.20 Å². The number of hydrogen-bond donors (Lipinski definition) is 1. The summed E-state index contributed by atoms with van der Waals surface area (Å²) in [6.07, 6.45) is 4.98. The van der Waals surface area contributed by atoms with Gasteiger partial charge in [0.15, 0.2) is 0 Å². The second-order valence-electron chi connectivity index (χ2n) is 7.62. The van der Waals surface area contributed by atoms with Crippen LogP contribution in [0.1, 0.15) is 31.2 Å². The zero-order valence-corrected chi connectivity index (χ0v) is 15.6. The maximum Gasteiger partial charge on any atom is 0.245 e. The van der Waals surface area contributed by atoms with Crippen LogP contribution < -0.4 is 5.32 Å². The van der Waals surface area contributed by atoms with Crippen molar-refractivity contribution in [2.75, 3.05) is 13.1 Å². The summed E-state index contributed by atoms with van der Waals surface area (Å²) in [5, 5.41) is 11.3. The lowest BCUT2D eigenvalue weighted by Gasteiger charge is -2.33. The zero-order valence-electron chi connectivity index (χ0n) is 15.6. The van der Waals surface area contributed by atoms with E-state index in [0.29, 0.717) is 18.8 Å². The number of amides is 2. The number of nitrogens with zero attached hydrogens (tertiary/aromatic N) is 4. The molecule has 1 atom stereocenters. The molecule has 0 saturated carbocycles. The third-order valence-electron chi connectivity index (χ3n) is 5.55. The van der Waals surface area contributed by atoms with E-state index in [1.165, 1.54) is 5.56 Å². The van der Waals surface area contributed by atoms with Crippen molar-refractivity contribution in [1.29, 1.82) is 0 Å². The fourth-order valence-corrected chi connectivity index (χ4v) is 3.86. The summed E-state index contributed by atoms with van der Waals surface area (Å²) in [4.78, 5) is 25.7. The van der Waals surface area contributed by atoms with E-state index >= 15 is 0 Å². The smallest absolute Gasteiger partial charge is 0.245 e. The van der Waals surface area contributed by atoms with Crippen molar-refractivity contribution in [3.63, 3.8) is 0 Å². The van der Waals surface area contributed by atoms with E-state index in [0.717, 1.165) is 43.7 Å².